The van der Waals surface area contributed by atoms with Gasteiger partial charge in [0.05, 0.1) is 23.2 Å². The van der Waals surface area contributed by atoms with Gasteiger partial charge in [0.1, 0.15) is 0 Å². The number of urea groups is 1. The first kappa shape index (κ1) is 17.7. The summed E-state index contributed by atoms with van der Waals surface area (Å²) in [7, 11) is 0. The van der Waals surface area contributed by atoms with E-state index in [2.05, 4.69) is 10.5 Å². The first-order valence-corrected chi connectivity index (χ1v) is 8.03. The zero-order valence-electron chi connectivity index (χ0n) is 15.3. The van der Waals surface area contributed by atoms with Crippen molar-refractivity contribution in [2.45, 2.75) is 78.6 Å². The van der Waals surface area contributed by atoms with Crippen LogP contribution < -0.4 is 5.43 Å². The Morgan fingerprint density at radius 3 is 1.91 bits per heavy atom. The molecular weight excluding hydrogens is 294 g/mol. The SMILES string of the molecule is CC(C)N1[N]C(C2=CC(C)(C)N([O])C2(C)C)=NN(C(C)C)C1=O. The summed E-state index contributed by atoms with van der Waals surface area (Å²) in [6.07, 6.45) is 1.90. The standard InChI is InChI=1S/C16H27N5O2/c1-10(2)19-14(22)20(11(3)4)18-13(17-19)12-9-15(5,6)21(23)16(12,7)8/h9-11H,1-8H3. The van der Waals surface area contributed by atoms with E-state index >= 15 is 0 Å². The Hall–Kier alpha value is -1.60. The molecule has 0 unspecified atom stereocenters. The number of hydrogen-bond acceptors (Lipinski definition) is 3. The Morgan fingerprint density at radius 1 is 1.00 bits per heavy atom. The van der Waals surface area contributed by atoms with Crippen LogP contribution in [-0.2, 0) is 5.21 Å². The molecule has 2 aliphatic rings. The van der Waals surface area contributed by atoms with E-state index in [1.54, 1.807) is 0 Å². The summed E-state index contributed by atoms with van der Waals surface area (Å²) in [5.74, 6) is 0.434. The van der Waals surface area contributed by atoms with E-state index in [0.717, 1.165) is 10.6 Å². The zero-order chi connectivity index (χ0) is 17.7. The first-order valence-electron chi connectivity index (χ1n) is 8.03. The van der Waals surface area contributed by atoms with Crippen molar-refractivity contribution in [2.75, 3.05) is 0 Å². The number of amides is 2. The van der Waals surface area contributed by atoms with Crippen molar-refractivity contribution in [1.29, 1.82) is 0 Å². The van der Waals surface area contributed by atoms with E-state index in [1.165, 1.54) is 10.0 Å². The molecule has 128 valence electrons. The lowest BCUT2D eigenvalue weighted by molar-refractivity contribution is -0.237. The zero-order valence-corrected chi connectivity index (χ0v) is 15.3. The highest BCUT2D eigenvalue weighted by molar-refractivity contribution is 6.03. The quantitative estimate of drug-likeness (QED) is 0.801. The lowest BCUT2D eigenvalue weighted by atomic mass is 9.95. The van der Waals surface area contributed by atoms with Crippen molar-refractivity contribution in [3.63, 3.8) is 0 Å². The number of hydroxylamine groups is 2. The summed E-state index contributed by atoms with van der Waals surface area (Å²) >= 11 is 0. The van der Waals surface area contributed by atoms with Crippen LogP contribution in [0.25, 0.3) is 0 Å². The minimum atomic E-state index is -0.752. The predicted molar refractivity (Wildman–Crippen MR) is 87.7 cm³/mol. The van der Waals surface area contributed by atoms with Gasteiger partial charge in [-0.2, -0.15) is 0 Å². The minimum absolute atomic E-state index is 0.0873. The fraction of sp³-hybridized carbons (Fsp3) is 0.750. The van der Waals surface area contributed by atoms with Gasteiger partial charge in [0, 0.05) is 5.57 Å². The summed E-state index contributed by atoms with van der Waals surface area (Å²) in [5.41, 5.74) is 3.79. The summed E-state index contributed by atoms with van der Waals surface area (Å²) in [6.45, 7) is 15.1. The molecule has 0 fully saturated rings. The van der Waals surface area contributed by atoms with Crippen molar-refractivity contribution >= 4 is 11.9 Å². The van der Waals surface area contributed by atoms with E-state index in [4.69, 9.17) is 0 Å². The molecule has 23 heavy (non-hydrogen) atoms. The molecule has 0 spiro atoms. The molecule has 7 heteroatoms. The van der Waals surface area contributed by atoms with Gasteiger partial charge in [-0.05, 0) is 55.4 Å². The van der Waals surface area contributed by atoms with Gasteiger partial charge in [0.15, 0.2) is 5.84 Å². The van der Waals surface area contributed by atoms with E-state index in [0.29, 0.717) is 5.84 Å². The highest BCUT2D eigenvalue weighted by Gasteiger charge is 2.50. The molecule has 0 atom stereocenters. The average molecular weight is 321 g/mol. The molecule has 2 aliphatic heterocycles. The summed E-state index contributed by atoms with van der Waals surface area (Å²) < 4.78 is 0. The average Bonchev–Trinajstić information content (AvgIpc) is 2.58. The Balaban J connectivity index is 2.49. The molecule has 0 aromatic heterocycles. The fourth-order valence-corrected chi connectivity index (χ4v) is 2.95. The van der Waals surface area contributed by atoms with Crippen LogP contribution >= 0.6 is 0 Å². The molecule has 2 radical (unpaired) electrons. The van der Waals surface area contributed by atoms with Gasteiger partial charge in [-0.3, -0.25) is 0 Å². The maximum absolute atomic E-state index is 12.6. The molecule has 0 saturated heterocycles. The Labute approximate surface area is 138 Å². The van der Waals surface area contributed by atoms with Gasteiger partial charge in [-0.15, -0.1) is 20.8 Å². The van der Waals surface area contributed by atoms with Gasteiger partial charge >= 0.3 is 6.03 Å². The van der Waals surface area contributed by atoms with Crippen LogP contribution in [0, 0.1) is 0 Å². The van der Waals surface area contributed by atoms with Crippen LogP contribution in [0.4, 0.5) is 4.79 Å². The van der Waals surface area contributed by atoms with Gasteiger partial charge in [-0.1, -0.05) is 6.08 Å². The molecule has 2 rings (SSSR count). The van der Waals surface area contributed by atoms with Crippen molar-refractivity contribution in [3.8, 4) is 0 Å². The van der Waals surface area contributed by atoms with Crippen LogP contribution in [-0.4, -0.2) is 50.1 Å². The second-order valence-electron chi connectivity index (χ2n) is 7.75. The largest absolute Gasteiger partial charge is 0.361 e. The van der Waals surface area contributed by atoms with Crippen molar-refractivity contribution < 1.29 is 10.0 Å². The molecule has 0 bridgehead atoms. The normalized spacial score (nSPS) is 24.2. The van der Waals surface area contributed by atoms with Crippen molar-refractivity contribution in [3.05, 3.63) is 11.6 Å². The number of rotatable bonds is 3. The fourth-order valence-electron chi connectivity index (χ4n) is 2.95. The topological polar surface area (TPSA) is 73.2 Å². The number of carbonyl (C=O) groups is 1. The van der Waals surface area contributed by atoms with Gasteiger partial charge in [-0.25, -0.2) is 14.8 Å². The Bertz CT molecular complexity index is 563. The maximum atomic E-state index is 12.6. The molecule has 7 nitrogen and oxygen atoms in total. The van der Waals surface area contributed by atoms with Crippen LogP contribution in [0.1, 0.15) is 55.4 Å². The first-order chi connectivity index (χ1) is 10.4. The molecule has 2 heterocycles. The minimum Gasteiger partial charge on any atom is -0.244 e. The van der Waals surface area contributed by atoms with Crippen LogP contribution in [0.15, 0.2) is 16.8 Å². The van der Waals surface area contributed by atoms with E-state index in [-0.39, 0.29) is 18.1 Å². The Kier molecular flexibility index (Phi) is 4.24. The predicted octanol–water partition coefficient (Wildman–Crippen LogP) is 2.52. The molecule has 0 saturated carbocycles. The van der Waals surface area contributed by atoms with Crippen molar-refractivity contribution in [1.82, 2.24) is 20.5 Å². The number of nitrogens with zero attached hydrogens (tertiary/aromatic N) is 5. The molecule has 0 N–H and O–H groups in total. The van der Waals surface area contributed by atoms with Crippen molar-refractivity contribution in [2.24, 2.45) is 5.10 Å². The summed E-state index contributed by atoms with van der Waals surface area (Å²) in [6, 6.07) is -0.417. The summed E-state index contributed by atoms with van der Waals surface area (Å²) in [4.78, 5) is 12.5. The maximum Gasteiger partial charge on any atom is 0.361 e. The molecular formula is C16H27N5O2. The number of hydrogen-bond donors (Lipinski definition) is 0. The van der Waals surface area contributed by atoms with Gasteiger partial charge in [0.2, 0.25) is 0 Å². The highest BCUT2D eigenvalue weighted by atomic mass is 16.5. The number of amidine groups is 1. The third-order valence-electron chi connectivity index (χ3n) is 4.20. The third kappa shape index (κ3) is 2.83. The van der Waals surface area contributed by atoms with Gasteiger partial charge in [0.25, 0.3) is 0 Å². The lowest BCUT2D eigenvalue weighted by Gasteiger charge is -2.38. The number of hydrazone groups is 1. The summed E-state index contributed by atoms with van der Waals surface area (Å²) in [5, 5.41) is 20.9. The van der Waals surface area contributed by atoms with Crippen LogP contribution in [0.5, 0.6) is 0 Å². The number of carbonyl (C=O) groups excluding carboxylic acids is 1. The van der Waals surface area contributed by atoms with E-state index in [1.807, 2.05) is 61.5 Å². The monoisotopic (exact) mass is 321 g/mol. The molecule has 0 aromatic carbocycles. The van der Waals surface area contributed by atoms with E-state index in [9.17, 15) is 10.0 Å². The molecule has 2 amide bonds. The second-order valence-corrected chi connectivity index (χ2v) is 7.75. The van der Waals surface area contributed by atoms with Gasteiger partial charge < -0.3 is 0 Å². The Morgan fingerprint density at radius 2 is 1.52 bits per heavy atom. The second kappa shape index (κ2) is 5.49. The lowest BCUT2D eigenvalue weighted by Crippen LogP contribution is -2.58. The van der Waals surface area contributed by atoms with E-state index < -0.39 is 11.1 Å². The third-order valence-corrected chi connectivity index (χ3v) is 4.20. The van der Waals surface area contributed by atoms with Crippen LogP contribution in [0.3, 0.4) is 0 Å². The highest BCUT2D eigenvalue weighted by Crippen LogP contribution is 2.39. The molecule has 0 aromatic rings. The smallest absolute Gasteiger partial charge is 0.244 e. The molecule has 0 aliphatic carbocycles. The van der Waals surface area contributed by atoms with Crippen LogP contribution in [0.2, 0.25) is 0 Å².